The molecule has 8 nitrogen and oxygen atoms in total. The van der Waals surface area contributed by atoms with E-state index in [1.807, 2.05) is 24.3 Å². The molecule has 3 aromatic rings. The number of ether oxygens (including phenoxy) is 1. The summed E-state index contributed by atoms with van der Waals surface area (Å²) in [5.41, 5.74) is 3.81. The van der Waals surface area contributed by atoms with Crippen LogP contribution in [0, 0.1) is 11.8 Å². The number of aromatic amines is 1. The molecule has 3 heterocycles. The molecule has 0 spiro atoms. The number of hydrogen-bond donors (Lipinski definition) is 2. The number of rotatable bonds is 5. The molecule has 1 unspecified atom stereocenters. The number of hydrogen-bond acceptors (Lipinski definition) is 6. The Bertz CT molecular complexity index is 1330. The minimum atomic E-state index is -0.608. The van der Waals surface area contributed by atoms with E-state index in [9.17, 15) is 14.7 Å². The van der Waals surface area contributed by atoms with Crippen LogP contribution in [0.5, 0.6) is 5.75 Å². The second-order valence-electron chi connectivity index (χ2n) is 9.16. The highest BCUT2D eigenvalue weighted by Crippen LogP contribution is 2.29. The number of carbonyl (C=O) groups excluding carboxylic acids is 1. The van der Waals surface area contributed by atoms with Gasteiger partial charge in [0.15, 0.2) is 0 Å². The summed E-state index contributed by atoms with van der Waals surface area (Å²) in [5, 5.41) is 9.91. The molecule has 2 N–H and O–H groups in total. The summed E-state index contributed by atoms with van der Waals surface area (Å²) < 4.78 is 5.41. The predicted octanol–water partition coefficient (Wildman–Crippen LogP) is 2.22. The summed E-state index contributed by atoms with van der Waals surface area (Å²) in [7, 11) is 0. The molecule has 0 bridgehead atoms. The summed E-state index contributed by atoms with van der Waals surface area (Å²) in [4.78, 5) is 34.4. The molecule has 1 atom stereocenters. The maximum atomic E-state index is 12.5. The molecular formula is C28H28N4O4. The number of nitrogens with zero attached hydrogens (tertiary/aromatic N) is 3. The second kappa shape index (κ2) is 10.8. The highest BCUT2D eigenvalue weighted by Gasteiger charge is 2.31. The first-order valence-corrected chi connectivity index (χ1v) is 12.1. The van der Waals surface area contributed by atoms with Crippen LogP contribution in [-0.4, -0.2) is 63.6 Å². The molecule has 1 amide bonds. The molecule has 0 aliphatic carbocycles. The van der Waals surface area contributed by atoms with Crippen LogP contribution in [-0.2, 0) is 22.6 Å². The molecule has 2 fully saturated rings. The first-order valence-electron chi connectivity index (χ1n) is 12.1. The van der Waals surface area contributed by atoms with Crippen LogP contribution in [0.4, 0.5) is 0 Å². The van der Waals surface area contributed by atoms with E-state index in [0.29, 0.717) is 13.0 Å². The highest BCUT2D eigenvalue weighted by atomic mass is 16.5. The van der Waals surface area contributed by atoms with Crippen LogP contribution in [0.2, 0.25) is 0 Å². The zero-order valence-corrected chi connectivity index (χ0v) is 19.9. The van der Waals surface area contributed by atoms with Gasteiger partial charge in [0.25, 0.3) is 5.56 Å². The van der Waals surface area contributed by atoms with Crippen molar-refractivity contribution in [1.82, 2.24) is 19.8 Å². The third-order valence-corrected chi connectivity index (χ3v) is 6.66. The average molecular weight is 485 g/mol. The Kier molecular flexibility index (Phi) is 7.12. The lowest BCUT2D eigenvalue weighted by Crippen LogP contribution is -2.35. The predicted molar refractivity (Wildman–Crippen MR) is 134 cm³/mol. The van der Waals surface area contributed by atoms with E-state index >= 15 is 0 Å². The number of aromatic nitrogens is 2. The van der Waals surface area contributed by atoms with Crippen molar-refractivity contribution in [2.45, 2.75) is 25.4 Å². The van der Waals surface area contributed by atoms with Crippen LogP contribution in [0.3, 0.4) is 0 Å². The number of carbonyl (C=O) groups is 1. The van der Waals surface area contributed by atoms with Crippen LogP contribution in [0.25, 0.3) is 0 Å². The monoisotopic (exact) mass is 484 g/mol. The molecule has 184 valence electrons. The van der Waals surface area contributed by atoms with Crippen molar-refractivity contribution in [2.75, 3.05) is 32.8 Å². The number of aromatic hydroxyl groups is 1. The molecule has 0 radical (unpaired) electrons. The van der Waals surface area contributed by atoms with Crippen molar-refractivity contribution in [1.29, 1.82) is 0 Å². The molecular weight excluding hydrogens is 456 g/mol. The van der Waals surface area contributed by atoms with Gasteiger partial charge in [-0.2, -0.15) is 0 Å². The van der Waals surface area contributed by atoms with Gasteiger partial charge in [-0.15, -0.1) is 0 Å². The molecule has 2 aliphatic heterocycles. The first kappa shape index (κ1) is 23.8. The third-order valence-electron chi connectivity index (χ3n) is 6.66. The molecule has 2 aliphatic rings. The Morgan fingerprint density at radius 3 is 2.33 bits per heavy atom. The number of H-pyrrole nitrogens is 1. The zero-order chi connectivity index (χ0) is 24.9. The Morgan fingerprint density at radius 1 is 0.972 bits per heavy atom. The summed E-state index contributed by atoms with van der Waals surface area (Å²) in [6, 6.07) is 16.4. The number of likely N-dealkylation sites (tertiary alicyclic amines) is 1. The average Bonchev–Trinajstić information content (AvgIpc) is 3.27. The molecule has 0 saturated carbocycles. The number of nitrogens with one attached hydrogen (secondary N) is 1. The largest absolute Gasteiger partial charge is 0.502 e. The van der Waals surface area contributed by atoms with E-state index in [1.165, 1.54) is 11.9 Å². The van der Waals surface area contributed by atoms with E-state index < -0.39 is 11.3 Å². The number of amides is 1. The van der Waals surface area contributed by atoms with E-state index in [0.717, 1.165) is 49.5 Å². The molecule has 5 rings (SSSR count). The van der Waals surface area contributed by atoms with Gasteiger partial charge in [0.1, 0.15) is 5.69 Å². The van der Waals surface area contributed by atoms with E-state index in [2.05, 4.69) is 51.0 Å². The van der Waals surface area contributed by atoms with Crippen molar-refractivity contribution in [3.05, 3.63) is 93.2 Å². The van der Waals surface area contributed by atoms with E-state index in [-0.39, 0.29) is 24.1 Å². The minimum Gasteiger partial charge on any atom is -0.502 e. The standard InChI is InChI=1S/C28H28N4O4/c33-26-15-24(17-32(26)18-25-27(34)28(35)30-19-29-25)23-9-7-21(8-10-23)2-1-20-3-5-22(6-4-20)16-31-11-13-36-14-12-31/h3-10,19,24,34H,11-18H2,(H,29,30,35). The van der Waals surface area contributed by atoms with Gasteiger partial charge in [-0.25, -0.2) is 4.98 Å². The fraction of sp³-hybridized carbons (Fsp3) is 0.321. The Hall–Kier alpha value is -3.93. The Morgan fingerprint density at radius 2 is 1.64 bits per heavy atom. The van der Waals surface area contributed by atoms with Gasteiger partial charge in [0.05, 0.1) is 26.1 Å². The maximum absolute atomic E-state index is 12.5. The van der Waals surface area contributed by atoms with Crippen molar-refractivity contribution in [3.8, 4) is 17.6 Å². The van der Waals surface area contributed by atoms with E-state index in [1.54, 1.807) is 4.90 Å². The van der Waals surface area contributed by atoms with Crippen LogP contribution in [0.15, 0.2) is 59.7 Å². The lowest BCUT2D eigenvalue weighted by Gasteiger charge is -2.26. The van der Waals surface area contributed by atoms with Crippen molar-refractivity contribution >= 4 is 5.91 Å². The van der Waals surface area contributed by atoms with Crippen LogP contribution >= 0.6 is 0 Å². The zero-order valence-electron chi connectivity index (χ0n) is 19.9. The summed E-state index contributed by atoms with van der Waals surface area (Å²) >= 11 is 0. The van der Waals surface area contributed by atoms with Gasteiger partial charge in [-0.3, -0.25) is 14.5 Å². The fourth-order valence-electron chi connectivity index (χ4n) is 4.57. The lowest BCUT2D eigenvalue weighted by atomic mass is 9.97. The van der Waals surface area contributed by atoms with Gasteiger partial charge >= 0.3 is 0 Å². The Labute approximate surface area is 209 Å². The van der Waals surface area contributed by atoms with Crippen molar-refractivity contribution < 1.29 is 14.6 Å². The second-order valence-corrected chi connectivity index (χ2v) is 9.16. The maximum Gasteiger partial charge on any atom is 0.293 e. The van der Waals surface area contributed by atoms with Gasteiger partial charge in [-0.1, -0.05) is 36.1 Å². The van der Waals surface area contributed by atoms with Gasteiger partial charge in [-0.05, 0) is 35.4 Å². The van der Waals surface area contributed by atoms with Gasteiger partial charge in [0.2, 0.25) is 11.7 Å². The summed E-state index contributed by atoms with van der Waals surface area (Å²) in [6.07, 6.45) is 1.61. The molecule has 1 aromatic heterocycles. The molecule has 2 saturated heterocycles. The van der Waals surface area contributed by atoms with Crippen LogP contribution < -0.4 is 5.56 Å². The van der Waals surface area contributed by atoms with Gasteiger partial charge in [0, 0.05) is 49.6 Å². The van der Waals surface area contributed by atoms with Crippen molar-refractivity contribution in [3.63, 3.8) is 0 Å². The summed E-state index contributed by atoms with van der Waals surface area (Å²) in [6.45, 7) is 5.10. The smallest absolute Gasteiger partial charge is 0.293 e. The quantitative estimate of drug-likeness (QED) is 0.539. The Balaban J connectivity index is 1.18. The fourth-order valence-corrected chi connectivity index (χ4v) is 4.57. The van der Waals surface area contributed by atoms with Crippen molar-refractivity contribution in [2.24, 2.45) is 0 Å². The number of morpholine rings is 1. The van der Waals surface area contributed by atoms with Crippen LogP contribution in [0.1, 0.15) is 40.3 Å². The van der Waals surface area contributed by atoms with E-state index in [4.69, 9.17) is 4.74 Å². The highest BCUT2D eigenvalue weighted by molar-refractivity contribution is 5.79. The topological polar surface area (TPSA) is 98.8 Å². The number of benzene rings is 2. The molecule has 36 heavy (non-hydrogen) atoms. The molecule has 2 aromatic carbocycles. The normalized spacial score (nSPS) is 18.2. The third kappa shape index (κ3) is 5.65. The minimum absolute atomic E-state index is 0.0255. The lowest BCUT2D eigenvalue weighted by molar-refractivity contribution is -0.128. The SMILES string of the molecule is O=C1CC(c2ccc(C#Cc3ccc(CN4CCOCC4)cc3)cc2)CN1Cc1nc[nH]c(=O)c1O. The van der Waals surface area contributed by atoms with Gasteiger partial charge < -0.3 is 19.7 Å². The molecule has 8 heteroatoms. The first-order chi connectivity index (χ1) is 17.5. The summed E-state index contributed by atoms with van der Waals surface area (Å²) in [5.74, 6) is 6.02.